The average molecular weight is 508 g/mol. The van der Waals surface area contributed by atoms with Gasteiger partial charge in [-0.15, -0.1) is 0 Å². The lowest BCUT2D eigenvalue weighted by atomic mass is 10.0. The highest BCUT2D eigenvalue weighted by molar-refractivity contribution is 5.76. The fraction of sp³-hybridized carbons (Fsp3) is 0.200. The number of para-hydroxylation sites is 1. The predicted octanol–water partition coefficient (Wildman–Crippen LogP) is 5.78. The largest absolute Gasteiger partial charge is 0.494 e. The fourth-order valence-electron chi connectivity index (χ4n) is 5.12. The Morgan fingerprint density at radius 1 is 1.08 bits per heavy atom. The number of fused-ring (bicyclic) bond motifs is 3. The summed E-state index contributed by atoms with van der Waals surface area (Å²) in [6, 6.07) is 25.2. The molecule has 1 aliphatic heterocycles. The lowest BCUT2D eigenvalue weighted by Gasteiger charge is -2.31. The number of nitrogens with zero attached hydrogens (tertiary/aromatic N) is 4. The molecule has 3 aromatic heterocycles. The first-order valence-electron chi connectivity index (χ1n) is 12.7. The van der Waals surface area contributed by atoms with Crippen LogP contribution in [0.15, 0.2) is 95.7 Å². The van der Waals surface area contributed by atoms with Crippen molar-refractivity contribution in [2.24, 2.45) is 0 Å². The Bertz CT molecular complexity index is 1550. The lowest BCUT2D eigenvalue weighted by molar-refractivity contribution is 0.179. The summed E-state index contributed by atoms with van der Waals surface area (Å²) in [5.74, 6) is 2.40. The summed E-state index contributed by atoms with van der Waals surface area (Å²) < 4.78 is 15.4. The molecule has 0 radical (unpaired) electrons. The van der Waals surface area contributed by atoms with Crippen LogP contribution in [-0.2, 0) is 13.1 Å². The van der Waals surface area contributed by atoms with Crippen LogP contribution >= 0.6 is 0 Å². The highest BCUT2D eigenvalue weighted by Crippen LogP contribution is 2.39. The monoisotopic (exact) mass is 507 g/mol. The molecule has 0 aliphatic carbocycles. The van der Waals surface area contributed by atoms with Crippen LogP contribution in [0.1, 0.15) is 41.2 Å². The van der Waals surface area contributed by atoms with Crippen molar-refractivity contribution >= 4 is 6.03 Å². The van der Waals surface area contributed by atoms with Gasteiger partial charge in [0.25, 0.3) is 0 Å². The van der Waals surface area contributed by atoms with Crippen LogP contribution in [0, 0.1) is 6.92 Å². The van der Waals surface area contributed by atoms with Crippen LogP contribution in [-0.4, -0.2) is 31.9 Å². The number of rotatable bonds is 6. The summed E-state index contributed by atoms with van der Waals surface area (Å²) in [5.41, 5.74) is 4.75. The molecule has 0 saturated heterocycles. The molecule has 0 unspecified atom stereocenters. The maximum atomic E-state index is 13.9. The van der Waals surface area contributed by atoms with E-state index in [0.717, 1.165) is 39.8 Å². The Balaban J connectivity index is 1.50. The van der Waals surface area contributed by atoms with Crippen LogP contribution in [0.25, 0.3) is 11.5 Å². The summed E-state index contributed by atoms with van der Waals surface area (Å²) in [4.78, 5) is 15.7. The maximum Gasteiger partial charge on any atom is 0.318 e. The Morgan fingerprint density at radius 3 is 2.74 bits per heavy atom. The van der Waals surface area contributed by atoms with Crippen molar-refractivity contribution in [2.75, 3.05) is 6.61 Å². The quantitative estimate of drug-likeness (QED) is 0.316. The van der Waals surface area contributed by atoms with Crippen LogP contribution in [0.4, 0.5) is 4.79 Å². The molecule has 0 saturated carbocycles. The zero-order valence-electron chi connectivity index (χ0n) is 21.4. The van der Waals surface area contributed by atoms with E-state index in [9.17, 15) is 4.79 Å². The van der Waals surface area contributed by atoms with E-state index in [4.69, 9.17) is 14.3 Å². The molecular weight excluding hydrogens is 478 g/mol. The third-order valence-corrected chi connectivity index (χ3v) is 6.83. The van der Waals surface area contributed by atoms with Crippen LogP contribution in [0.3, 0.4) is 0 Å². The standard InChI is InChI=1S/C30H29N5O3/c1-3-37-24-13-7-10-22(18-24)28-27-15-8-16-33(27)29-26(21(2)32-35(29)23-11-5-4-6-12-23)20-34(28)30(36)31-19-25-14-9-17-38-25/h4-18,28H,3,19-20H2,1-2H3,(H,31,36)/t28-/m0/s1. The van der Waals surface area contributed by atoms with Gasteiger partial charge in [-0.05, 0) is 67.9 Å². The van der Waals surface area contributed by atoms with Gasteiger partial charge in [0.15, 0.2) is 0 Å². The fourth-order valence-corrected chi connectivity index (χ4v) is 5.12. The van der Waals surface area contributed by atoms with Crippen molar-refractivity contribution in [3.63, 3.8) is 0 Å². The number of ether oxygens (including phenoxy) is 1. The molecule has 1 aliphatic rings. The first kappa shape index (κ1) is 23.7. The van der Waals surface area contributed by atoms with Gasteiger partial charge in [-0.25, -0.2) is 9.48 Å². The van der Waals surface area contributed by atoms with Crippen LogP contribution in [0.5, 0.6) is 5.75 Å². The second-order valence-corrected chi connectivity index (χ2v) is 9.21. The van der Waals surface area contributed by atoms with Crippen molar-refractivity contribution in [3.05, 3.63) is 120 Å². The van der Waals surface area contributed by atoms with Gasteiger partial charge in [-0.2, -0.15) is 5.10 Å². The third kappa shape index (κ3) is 4.24. The number of amides is 2. The van der Waals surface area contributed by atoms with E-state index in [1.165, 1.54) is 0 Å². The summed E-state index contributed by atoms with van der Waals surface area (Å²) in [6.07, 6.45) is 3.65. The normalized spacial score (nSPS) is 14.5. The minimum atomic E-state index is -0.363. The number of nitrogens with one attached hydrogen (secondary N) is 1. The van der Waals surface area contributed by atoms with Gasteiger partial charge in [0, 0.05) is 11.8 Å². The van der Waals surface area contributed by atoms with E-state index in [1.807, 2.05) is 102 Å². The number of urea groups is 1. The van der Waals surface area contributed by atoms with Crippen LogP contribution in [0.2, 0.25) is 0 Å². The van der Waals surface area contributed by atoms with Gasteiger partial charge in [0.2, 0.25) is 0 Å². The average Bonchev–Trinajstić information content (AvgIpc) is 3.68. The van der Waals surface area contributed by atoms with E-state index < -0.39 is 0 Å². The molecule has 8 heteroatoms. The van der Waals surface area contributed by atoms with Gasteiger partial charge in [0.05, 0.1) is 49.1 Å². The zero-order chi connectivity index (χ0) is 26.1. The van der Waals surface area contributed by atoms with Crippen molar-refractivity contribution in [1.29, 1.82) is 0 Å². The highest BCUT2D eigenvalue weighted by atomic mass is 16.5. The van der Waals surface area contributed by atoms with Gasteiger partial charge in [-0.3, -0.25) is 0 Å². The minimum Gasteiger partial charge on any atom is -0.494 e. The number of carbonyl (C=O) groups excluding carboxylic acids is 1. The van der Waals surface area contributed by atoms with Gasteiger partial charge >= 0.3 is 6.03 Å². The van der Waals surface area contributed by atoms with E-state index >= 15 is 0 Å². The molecule has 1 atom stereocenters. The first-order valence-corrected chi connectivity index (χ1v) is 12.7. The van der Waals surface area contributed by atoms with E-state index in [-0.39, 0.29) is 12.1 Å². The molecule has 38 heavy (non-hydrogen) atoms. The van der Waals surface area contributed by atoms with E-state index in [2.05, 4.69) is 16.0 Å². The molecule has 6 rings (SSSR count). The molecule has 192 valence electrons. The van der Waals surface area contributed by atoms with Gasteiger partial charge in [0.1, 0.15) is 17.3 Å². The number of carbonyl (C=O) groups is 1. The molecule has 5 aromatic rings. The maximum absolute atomic E-state index is 13.9. The third-order valence-electron chi connectivity index (χ3n) is 6.83. The van der Waals surface area contributed by atoms with Gasteiger partial charge < -0.3 is 23.9 Å². The lowest BCUT2D eigenvalue weighted by Crippen LogP contribution is -2.41. The van der Waals surface area contributed by atoms with Crippen molar-refractivity contribution < 1.29 is 13.9 Å². The molecular formula is C30H29N5O3. The minimum absolute atomic E-state index is 0.194. The Labute approximate surface area is 221 Å². The molecule has 4 heterocycles. The Morgan fingerprint density at radius 2 is 1.95 bits per heavy atom. The van der Waals surface area contributed by atoms with Crippen molar-refractivity contribution in [3.8, 4) is 17.3 Å². The topological polar surface area (TPSA) is 77.5 Å². The molecule has 8 nitrogen and oxygen atoms in total. The van der Waals surface area contributed by atoms with Gasteiger partial charge in [-0.1, -0.05) is 30.3 Å². The molecule has 1 N–H and O–H groups in total. The van der Waals surface area contributed by atoms with Crippen molar-refractivity contribution in [2.45, 2.75) is 33.0 Å². The summed E-state index contributed by atoms with van der Waals surface area (Å²) >= 11 is 0. The number of aromatic nitrogens is 3. The Hall–Kier alpha value is -4.72. The number of aryl methyl sites for hydroxylation is 1. The molecule has 2 aromatic carbocycles. The highest BCUT2D eigenvalue weighted by Gasteiger charge is 2.36. The number of benzene rings is 2. The number of hydrogen-bond donors (Lipinski definition) is 1. The van der Waals surface area contributed by atoms with E-state index in [0.29, 0.717) is 25.5 Å². The Kier molecular flexibility index (Phi) is 6.21. The molecule has 2 amide bonds. The summed E-state index contributed by atoms with van der Waals surface area (Å²) in [6.45, 7) is 5.20. The smallest absolute Gasteiger partial charge is 0.318 e. The number of hydrogen-bond acceptors (Lipinski definition) is 4. The second kappa shape index (κ2) is 9.97. The molecule has 0 spiro atoms. The predicted molar refractivity (Wildman–Crippen MR) is 144 cm³/mol. The first-order chi connectivity index (χ1) is 18.6. The molecule has 0 fully saturated rings. The second-order valence-electron chi connectivity index (χ2n) is 9.21. The SMILES string of the molecule is CCOc1cccc([C@H]2c3cccn3-c3c(c(C)nn3-c3ccccc3)CN2C(=O)NCc2ccco2)c1. The zero-order valence-corrected chi connectivity index (χ0v) is 21.4. The summed E-state index contributed by atoms with van der Waals surface area (Å²) in [7, 11) is 0. The van der Waals surface area contributed by atoms with E-state index in [1.54, 1.807) is 6.26 Å². The molecule has 0 bridgehead atoms. The van der Waals surface area contributed by atoms with Crippen LogP contribution < -0.4 is 10.1 Å². The number of furan rings is 1. The summed E-state index contributed by atoms with van der Waals surface area (Å²) in [5, 5.41) is 7.96. The van der Waals surface area contributed by atoms with Crippen molar-refractivity contribution in [1.82, 2.24) is 24.6 Å².